The van der Waals surface area contributed by atoms with Gasteiger partial charge < -0.3 is 19.7 Å². The molecule has 0 unspecified atom stereocenters. The largest absolute Gasteiger partial charge is 0.497 e. The molecule has 0 bridgehead atoms. The number of likely N-dealkylation sites (N-methyl/N-ethyl adjacent to an activating group) is 1. The maximum Gasteiger partial charge on any atom is 0.246 e. The SMILES string of the molecule is COc1cccc(COCC(=O)NCC2(N(C)C)CCCCC2)c1. The van der Waals surface area contributed by atoms with Crippen molar-refractivity contribution in [3.05, 3.63) is 29.8 Å². The van der Waals surface area contributed by atoms with Gasteiger partial charge in [0.25, 0.3) is 0 Å². The zero-order valence-corrected chi connectivity index (χ0v) is 15.1. The Morgan fingerprint density at radius 1 is 1.25 bits per heavy atom. The van der Waals surface area contributed by atoms with Crippen LogP contribution in [0.15, 0.2) is 24.3 Å². The van der Waals surface area contributed by atoms with Crippen LogP contribution in [0.2, 0.25) is 0 Å². The maximum atomic E-state index is 12.1. The van der Waals surface area contributed by atoms with Crippen LogP contribution in [0.25, 0.3) is 0 Å². The van der Waals surface area contributed by atoms with E-state index in [1.54, 1.807) is 7.11 Å². The molecule has 0 aromatic heterocycles. The molecule has 5 heteroatoms. The number of methoxy groups -OCH3 is 1. The topological polar surface area (TPSA) is 50.8 Å². The Hall–Kier alpha value is -1.59. The molecule has 0 aliphatic heterocycles. The highest BCUT2D eigenvalue weighted by Gasteiger charge is 2.34. The molecule has 1 aromatic rings. The number of benzene rings is 1. The summed E-state index contributed by atoms with van der Waals surface area (Å²) in [5, 5.41) is 3.05. The standard InChI is InChI=1S/C19H30N2O3/c1-21(2)19(10-5-4-6-11-19)15-20-18(22)14-24-13-16-8-7-9-17(12-16)23-3/h7-9,12H,4-6,10-11,13-15H2,1-3H3,(H,20,22). The summed E-state index contributed by atoms with van der Waals surface area (Å²) in [6.07, 6.45) is 6.06. The normalized spacial score (nSPS) is 16.8. The molecule has 0 radical (unpaired) electrons. The molecule has 1 aromatic carbocycles. The van der Waals surface area contributed by atoms with Crippen LogP contribution >= 0.6 is 0 Å². The van der Waals surface area contributed by atoms with E-state index in [1.165, 1.54) is 19.3 Å². The van der Waals surface area contributed by atoms with Gasteiger partial charge in [0.15, 0.2) is 0 Å². The van der Waals surface area contributed by atoms with Crippen molar-refractivity contribution in [1.82, 2.24) is 10.2 Å². The summed E-state index contributed by atoms with van der Waals surface area (Å²) in [7, 11) is 5.85. The van der Waals surface area contributed by atoms with E-state index in [0.717, 1.165) is 24.2 Å². The molecule has 0 spiro atoms. The number of hydrogen-bond donors (Lipinski definition) is 1. The average Bonchev–Trinajstić information content (AvgIpc) is 2.61. The Morgan fingerprint density at radius 3 is 2.67 bits per heavy atom. The van der Waals surface area contributed by atoms with Gasteiger partial charge in [-0.05, 0) is 44.6 Å². The number of nitrogens with one attached hydrogen (secondary N) is 1. The van der Waals surface area contributed by atoms with Crippen molar-refractivity contribution in [3.63, 3.8) is 0 Å². The minimum atomic E-state index is -0.0512. The Labute approximate surface area is 145 Å². The lowest BCUT2D eigenvalue weighted by molar-refractivity contribution is -0.126. The van der Waals surface area contributed by atoms with Gasteiger partial charge in [0.2, 0.25) is 5.91 Å². The van der Waals surface area contributed by atoms with E-state index >= 15 is 0 Å². The van der Waals surface area contributed by atoms with Crippen LogP contribution in [0, 0.1) is 0 Å². The minimum absolute atomic E-state index is 0.0512. The highest BCUT2D eigenvalue weighted by Crippen LogP contribution is 2.31. The van der Waals surface area contributed by atoms with Crippen LogP contribution in [0.5, 0.6) is 5.75 Å². The van der Waals surface area contributed by atoms with Crippen LogP contribution in [-0.2, 0) is 16.1 Å². The first-order valence-corrected chi connectivity index (χ1v) is 8.70. The van der Waals surface area contributed by atoms with Crippen LogP contribution in [-0.4, -0.2) is 50.7 Å². The van der Waals surface area contributed by atoms with Gasteiger partial charge in [-0.15, -0.1) is 0 Å². The Morgan fingerprint density at radius 2 is 2.00 bits per heavy atom. The summed E-state index contributed by atoms with van der Waals surface area (Å²) in [6, 6.07) is 7.69. The van der Waals surface area contributed by atoms with Crippen molar-refractivity contribution < 1.29 is 14.3 Å². The molecule has 5 nitrogen and oxygen atoms in total. The third-order valence-electron chi connectivity index (χ3n) is 4.98. The lowest BCUT2D eigenvalue weighted by atomic mass is 9.80. The van der Waals surface area contributed by atoms with E-state index < -0.39 is 0 Å². The van der Waals surface area contributed by atoms with Crippen LogP contribution < -0.4 is 10.1 Å². The van der Waals surface area contributed by atoms with E-state index in [4.69, 9.17) is 9.47 Å². The summed E-state index contributed by atoms with van der Waals surface area (Å²) in [4.78, 5) is 14.4. The molecule has 2 rings (SSSR count). The summed E-state index contributed by atoms with van der Waals surface area (Å²) in [6.45, 7) is 1.19. The second-order valence-corrected chi connectivity index (χ2v) is 6.80. The molecular weight excluding hydrogens is 304 g/mol. The van der Waals surface area contributed by atoms with Gasteiger partial charge in [0.1, 0.15) is 12.4 Å². The number of rotatable bonds is 8. The number of nitrogens with zero attached hydrogens (tertiary/aromatic N) is 1. The van der Waals surface area contributed by atoms with Gasteiger partial charge in [-0.1, -0.05) is 31.4 Å². The highest BCUT2D eigenvalue weighted by atomic mass is 16.5. The first-order chi connectivity index (χ1) is 11.6. The molecule has 24 heavy (non-hydrogen) atoms. The van der Waals surface area contributed by atoms with Crippen molar-refractivity contribution in [2.24, 2.45) is 0 Å². The zero-order chi connectivity index (χ0) is 17.4. The number of carbonyl (C=O) groups excluding carboxylic acids is 1. The Kier molecular flexibility index (Phi) is 7.06. The van der Waals surface area contributed by atoms with E-state index in [1.807, 2.05) is 24.3 Å². The van der Waals surface area contributed by atoms with Crippen molar-refractivity contribution in [2.45, 2.75) is 44.2 Å². The predicted octanol–water partition coefficient (Wildman–Crippen LogP) is 2.59. The number of hydrogen-bond acceptors (Lipinski definition) is 4. The van der Waals surface area contributed by atoms with E-state index in [0.29, 0.717) is 13.2 Å². The maximum absolute atomic E-state index is 12.1. The minimum Gasteiger partial charge on any atom is -0.497 e. The fraction of sp³-hybridized carbons (Fsp3) is 0.632. The molecule has 1 N–H and O–H groups in total. The molecular formula is C19H30N2O3. The van der Waals surface area contributed by atoms with Gasteiger partial charge in [-0.3, -0.25) is 4.79 Å². The lowest BCUT2D eigenvalue weighted by Crippen LogP contribution is -2.54. The van der Waals surface area contributed by atoms with E-state index in [2.05, 4.69) is 24.3 Å². The Balaban J connectivity index is 1.74. The molecule has 1 amide bonds. The van der Waals surface area contributed by atoms with E-state index in [-0.39, 0.29) is 18.1 Å². The summed E-state index contributed by atoms with van der Waals surface area (Å²) < 4.78 is 10.7. The molecule has 1 saturated carbocycles. The Bertz CT molecular complexity index is 525. The third-order valence-corrected chi connectivity index (χ3v) is 4.98. The number of ether oxygens (including phenoxy) is 2. The van der Waals surface area contributed by atoms with Gasteiger partial charge >= 0.3 is 0 Å². The van der Waals surface area contributed by atoms with Crippen LogP contribution in [0.4, 0.5) is 0 Å². The van der Waals surface area contributed by atoms with Crippen molar-refractivity contribution >= 4 is 5.91 Å². The molecule has 0 atom stereocenters. The van der Waals surface area contributed by atoms with Crippen LogP contribution in [0.3, 0.4) is 0 Å². The first kappa shape index (κ1) is 18.7. The first-order valence-electron chi connectivity index (χ1n) is 8.70. The van der Waals surface area contributed by atoms with Crippen molar-refractivity contribution in [2.75, 3.05) is 34.4 Å². The second kappa shape index (κ2) is 9.04. The molecule has 1 aliphatic carbocycles. The number of carbonyl (C=O) groups is 1. The van der Waals surface area contributed by atoms with Crippen molar-refractivity contribution in [1.29, 1.82) is 0 Å². The quantitative estimate of drug-likeness (QED) is 0.794. The average molecular weight is 334 g/mol. The summed E-state index contributed by atoms with van der Waals surface area (Å²) >= 11 is 0. The van der Waals surface area contributed by atoms with Gasteiger partial charge in [0, 0.05) is 12.1 Å². The lowest BCUT2D eigenvalue weighted by Gasteiger charge is -2.43. The third kappa shape index (κ3) is 5.21. The smallest absolute Gasteiger partial charge is 0.246 e. The zero-order valence-electron chi connectivity index (χ0n) is 15.1. The predicted molar refractivity (Wildman–Crippen MR) is 95.2 cm³/mol. The van der Waals surface area contributed by atoms with E-state index in [9.17, 15) is 4.79 Å². The molecule has 0 saturated heterocycles. The monoisotopic (exact) mass is 334 g/mol. The summed E-state index contributed by atoms with van der Waals surface area (Å²) in [5.74, 6) is 0.746. The van der Waals surface area contributed by atoms with Crippen LogP contribution in [0.1, 0.15) is 37.7 Å². The van der Waals surface area contributed by atoms with Crippen molar-refractivity contribution in [3.8, 4) is 5.75 Å². The van der Waals surface area contributed by atoms with Gasteiger partial charge in [0.05, 0.1) is 13.7 Å². The molecule has 0 heterocycles. The van der Waals surface area contributed by atoms with Gasteiger partial charge in [-0.2, -0.15) is 0 Å². The molecule has 1 fully saturated rings. The molecule has 1 aliphatic rings. The fourth-order valence-corrected chi connectivity index (χ4v) is 3.33. The summed E-state index contributed by atoms with van der Waals surface area (Å²) in [5.41, 5.74) is 1.10. The fourth-order valence-electron chi connectivity index (χ4n) is 3.33. The number of amides is 1. The second-order valence-electron chi connectivity index (χ2n) is 6.80. The molecule has 134 valence electrons. The highest BCUT2D eigenvalue weighted by molar-refractivity contribution is 5.77. The van der Waals surface area contributed by atoms with Gasteiger partial charge in [-0.25, -0.2) is 0 Å².